The minimum absolute atomic E-state index is 0.132. The Morgan fingerprint density at radius 1 is 1.15 bits per heavy atom. The van der Waals surface area contributed by atoms with Gasteiger partial charge in [0.15, 0.2) is 0 Å². The summed E-state index contributed by atoms with van der Waals surface area (Å²) in [7, 11) is 0. The number of carbonyl (C=O) groups excluding carboxylic acids is 1. The summed E-state index contributed by atoms with van der Waals surface area (Å²) in [6.45, 7) is 10.8. The van der Waals surface area contributed by atoms with Crippen LogP contribution in [0.1, 0.15) is 58.4 Å². The molecule has 1 heterocycles. The Bertz CT molecular complexity index is 598. The van der Waals surface area contributed by atoms with E-state index in [0.717, 1.165) is 16.9 Å². The van der Waals surface area contributed by atoms with Crippen LogP contribution in [0.25, 0.3) is 0 Å². The number of benzene rings is 1. The second kappa shape index (κ2) is 5.53. The van der Waals surface area contributed by atoms with Crippen molar-refractivity contribution in [3.05, 3.63) is 56.8 Å². The summed E-state index contributed by atoms with van der Waals surface area (Å²) in [5, 5.41) is 0. The molecule has 2 rings (SSSR count). The van der Waals surface area contributed by atoms with E-state index in [2.05, 4.69) is 46.8 Å². The maximum atomic E-state index is 12.5. The Morgan fingerprint density at radius 3 is 2.20 bits per heavy atom. The van der Waals surface area contributed by atoms with Crippen LogP contribution in [0, 0.1) is 13.8 Å². The first-order valence-electron chi connectivity index (χ1n) is 7.07. The van der Waals surface area contributed by atoms with E-state index in [9.17, 15) is 4.79 Å². The van der Waals surface area contributed by atoms with E-state index in [1.807, 2.05) is 18.2 Å². The number of carbonyl (C=O) groups is 1. The molecule has 0 aliphatic rings. The quantitative estimate of drug-likeness (QED) is 0.698. The van der Waals surface area contributed by atoms with Gasteiger partial charge in [-0.05, 0) is 42.9 Å². The average molecular weight is 286 g/mol. The number of thiophene rings is 1. The highest BCUT2D eigenvalue weighted by molar-refractivity contribution is 7.14. The van der Waals surface area contributed by atoms with Crippen molar-refractivity contribution in [2.45, 2.75) is 46.5 Å². The molecule has 20 heavy (non-hydrogen) atoms. The summed E-state index contributed by atoms with van der Waals surface area (Å²) in [5.74, 6) is 0.132. The fraction of sp³-hybridized carbons (Fsp3) is 0.389. The van der Waals surface area contributed by atoms with Gasteiger partial charge in [0, 0.05) is 10.4 Å². The molecule has 2 heteroatoms. The number of rotatable bonds is 4. The smallest absolute Gasteiger partial charge is 0.202 e. The van der Waals surface area contributed by atoms with E-state index in [1.54, 1.807) is 11.3 Å². The third-order valence-electron chi connectivity index (χ3n) is 4.20. The van der Waals surface area contributed by atoms with Crippen molar-refractivity contribution in [2.75, 3.05) is 0 Å². The van der Waals surface area contributed by atoms with Gasteiger partial charge in [0.2, 0.25) is 5.78 Å². The van der Waals surface area contributed by atoms with Gasteiger partial charge in [-0.2, -0.15) is 0 Å². The molecule has 106 valence electrons. The second-order valence-corrected chi connectivity index (χ2v) is 7.25. The normalized spacial score (nSPS) is 11.7. The Morgan fingerprint density at radius 2 is 1.75 bits per heavy atom. The molecule has 0 radical (unpaired) electrons. The molecule has 0 N–H and O–H groups in total. The van der Waals surface area contributed by atoms with Crippen molar-refractivity contribution >= 4 is 17.1 Å². The van der Waals surface area contributed by atoms with Crippen molar-refractivity contribution in [2.24, 2.45) is 0 Å². The second-order valence-electron chi connectivity index (χ2n) is 5.99. The molecule has 0 saturated carbocycles. The highest BCUT2D eigenvalue weighted by Crippen LogP contribution is 2.28. The summed E-state index contributed by atoms with van der Waals surface area (Å²) >= 11 is 1.58. The predicted molar refractivity (Wildman–Crippen MR) is 87.0 cm³/mol. The lowest BCUT2D eigenvalue weighted by Gasteiger charge is -2.23. The molecule has 0 unspecified atom stereocenters. The summed E-state index contributed by atoms with van der Waals surface area (Å²) in [6.07, 6.45) is 1.09. The fourth-order valence-corrected chi connectivity index (χ4v) is 3.10. The lowest BCUT2D eigenvalue weighted by molar-refractivity contribution is 0.104. The van der Waals surface area contributed by atoms with E-state index >= 15 is 0 Å². The molecule has 0 amide bonds. The molecule has 0 aliphatic carbocycles. The van der Waals surface area contributed by atoms with E-state index in [0.29, 0.717) is 0 Å². The maximum Gasteiger partial charge on any atom is 0.202 e. The molecule has 0 spiro atoms. The average Bonchev–Trinajstić information content (AvgIpc) is 2.78. The molecule has 1 aromatic heterocycles. The summed E-state index contributed by atoms with van der Waals surface area (Å²) in [6, 6.07) is 10.1. The molecule has 0 fully saturated rings. The maximum absolute atomic E-state index is 12.5. The molecule has 1 aromatic carbocycles. The first-order chi connectivity index (χ1) is 9.35. The minimum atomic E-state index is 0.132. The van der Waals surface area contributed by atoms with Gasteiger partial charge in [0.25, 0.3) is 0 Å². The highest BCUT2D eigenvalue weighted by Gasteiger charge is 2.19. The van der Waals surface area contributed by atoms with E-state index in [-0.39, 0.29) is 11.2 Å². The SMILES string of the molecule is CCC(C)(C)c1ccc(C(=O)c2cc(C)c(C)s2)cc1. The number of ketones is 1. The third-order valence-corrected chi connectivity index (χ3v) is 5.35. The van der Waals surface area contributed by atoms with Crippen LogP contribution in [0.4, 0.5) is 0 Å². The van der Waals surface area contributed by atoms with Gasteiger partial charge in [-0.25, -0.2) is 0 Å². The molecule has 0 saturated heterocycles. The molecular formula is C18H22OS. The van der Waals surface area contributed by atoms with Gasteiger partial charge in [-0.1, -0.05) is 45.0 Å². The Labute approximate surface area is 125 Å². The Hall–Kier alpha value is -1.41. The Kier molecular flexibility index (Phi) is 4.14. The first kappa shape index (κ1) is 15.0. The van der Waals surface area contributed by atoms with Gasteiger partial charge in [-0.15, -0.1) is 11.3 Å². The highest BCUT2D eigenvalue weighted by atomic mass is 32.1. The largest absolute Gasteiger partial charge is 0.288 e. The molecular weight excluding hydrogens is 264 g/mol. The van der Waals surface area contributed by atoms with E-state index in [1.165, 1.54) is 16.0 Å². The number of aryl methyl sites for hydroxylation is 2. The van der Waals surface area contributed by atoms with Gasteiger partial charge in [-0.3, -0.25) is 4.79 Å². The zero-order valence-electron chi connectivity index (χ0n) is 12.9. The molecule has 0 bridgehead atoms. The van der Waals surface area contributed by atoms with Crippen LogP contribution in [0.5, 0.6) is 0 Å². The van der Waals surface area contributed by atoms with Crippen molar-refractivity contribution in [3.8, 4) is 0 Å². The van der Waals surface area contributed by atoms with Gasteiger partial charge in [0.05, 0.1) is 4.88 Å². The predicted octanol–water partition coefficient (Wildman–Crippen LogP) is 5.28. The van der Waals surface area contributed by atoms with Crippen LogP contribution >= 0.6 is 11.3 Å². The zero-order chi connectivity index (χ0) is 14.9. The molecule has 0 aliphatic heterocycles. The lowest BCUT2D eigenvalue weighted by Crippen LogP contribution is -2.15. The van der Waals surface area contributed by atoms with Gasteiger partial charge >= 0.3 is 0 Å². The first-order valence-corrected chi connectivity index (χ1v) is 7.89. The standard InChI is InChI=1S/C18H22OS/c1-6-18(4,5)15-9-7-14(8-10-15)17(19)16-11-12(2)13(3)20-16/h7-11H,6H2,1-5H3. The van der Waals surface area contributed by atoms with Crippen LogP contribution in [0.15, 0.2) is 30.3 Å². The minimum Gasteiger partial charge on any atom is -0.288 e. The fourth-order valence-electron chi connectivity index (χ4n) is 2.10. The number of hydrogen-bond donors (Lipinski definition) is 0. The van der Waals surface area contributed by atoms with Crippen LogP contribution < -0.4 is 0 Å². The summed E-state index contributed by atoms with van der Waals surface area (Å²) in [4.78, 5) is 14.5. The van der Waals surface area contributed by atoms with Crippen LogP contribution in [-0.2, 0) is 5.41 Å². The van der Waals surface area contributed by atoms with Gasteiger partial charge in [0.1, 0.15) is 0 Å². The van der Waals surface area contributed by atoms with Crippen molar-refractivity contribution < 1.29 is 4.79 Å². The third kappa shape index (κ3) is 2.85. The van der Waals surface area contributed by atoms with Crippen molar-refractivity contribution in [1.29, 1.82) is 0 Å². The molecule has 0 atom stereocenters. The number of hydrogen-bond acceptors (Lipinski definition) is 2. The molecule has 2 aromatic rings. The van der Waals surface area contributed by atoms with Crippen molar-refractivity contribution in [1.82, 2.24) is 0 Å². The summed E-state index contributed by atoms with van der Waals surface area (Å²) in [5.41, 5.74) is 3.43. The topological polar surface area (TPSA) is 17.1 Å². The zero-order valence-corrected chi connectivity index (χ0v) is 13.7. The summed E-state index contributed by atoms with van der Waals surface area (Å²) < 4.78 is 0. The van der Waals surface area contributed by atoms with Crippen molar-refractivity contribution in [3.63, 3.8) is 0 Å². The van der Waals surface area contributed by atoms with Crippen LogP contribution in [-0.4, -0.2) is 5.78 Å². The lowest BCUT2D eigenvalue weighted by atomic mass is 9.82. The Balaban J connectivity index is 2.28. The van der Waals surface area contributed by atoms with Crippen LogP contribution in [0.2, 0.25) is 0 Å². The van der Waals surface area contributed by atoms with E-state index < -0.39 is 0 Å². The molecule has 1 nitrogen and oxygen atoms in total. The van der Waals surface area contributed by atoms with Gasteiger partial charge < -0.3 is 0 Å². The monoisotopic (exact) mass is 286 g/mol. The van der Waals surface area contributed by atoms with Crippen LogP contribution in [0.3, 0.4) is 0 Å². The van der Waals surface area contributed by atoms with E-state index in [4.69, 9.17) is 0 Å².